The van der Waals surface area contributed by atoms with Crippen LogP contribution in [0.25, 0.3) is 0 Å². The van der Waals surface area contributed by atoms with E-state index in [1.807, 2.05) is 19.1 Å². The van der Waals surface area contributed by atoms with Gasteiger partial charge in [-0.2, -0.15) is 5.26 Å². The van der Waals surface area contributed by atoms with Gasteiger partial charge in [0.15, 0.2) is 0 Å². The van der Waals surface area contributed by atoms with Gasteiger partial charge in [0, 0.05) is 19.7 Å². The molecular formula is C13H17N3O. The van der Waals surface area contributed by atoms with Gasteiger partial charge in [-0.05, 0) is 31.9 Å². The van der Waals surface area contributed by atoms with E-state index in [2.05, 4.69) is 9.88 Å². The summed E-state index contributed by atoms with van der Waals surface area (Å²) in [4.78, 5) is 6.39. The van der Waals surface area contributed by atoms with Crippen LogP contribution in [0.2, 0.25) is 0 Å². The number of hydrogen-bond donors (Lipinski definition) is 0. The molecule has 0 aliphatic carbocycles. The van der Waals surface area contributed by atoms with Crippen LogP contribution < -0.4 is 4.90 Å². The first kappa shape index (κ1) is 11.9. The third kappa shape index (κ3) is 2.95. The van der Waals surface area contributed by atoms with E-state index >= 15 is 0 Å². The Balaban J connectivity index is 1.94. The van der Waals surface area contributed by atoms with Gasteiger partial charge in [-0.1, -0.05) is 0 Å². The second-order valence-electron chi connectivity index (χ2n) is 4.16. The van der Waals surface area contributed by atoms with Crippen molar-refractivity contribution in [3.05, 3.63) is 24.0 Å². The standard InChI is InChI=1S/C13H17N3O/c1-2-17-13-5-7-16(8-6-13)12-4-3-11(9-14)15-10-12/h3-4,10,13H,2,5-8H2,1H3. The molecule has 0 unspecified atom stereocenters. The fraction of sp³-hybridized carbons (Fsp3) is 0.538. The van der Waals surface area contributed by atoms with E-state index < -0.39 is 0 Å². The minimum atomic E-state index is 0.405. The summed E-state index contributed by atoms with van der Waals surface area (Å²) >= 11 is 0. The molecule has 4 nitrogen and oxygen atoms in total. The van der Waals surface area contributed by atoms with Gasteiger partial charge in [0.05, 0.1) is 18.0 Å². The molecule has 2 heterocycles. The Morgan fingerprint density at radius 3 is 2.76 bits per heavy atom. The zero-order valence-electron chi connectivity index (χ0n) is 10.1. The quantitative estimate of drug-likeness (QED) is 0.798. The van der Waals surface area contributed by atoms with Crippen LogP contribution in [0, 0.1) is 11.3 Å². The molecule has 4 heteroatoms. The summed E-state index contributed by atoms with van der Waals surface area (Å²) in [5.74, 6) is 0. The van der Waals surface area contributed by atoms with Crippen molar-refractivity contribution < 1.29 is 4.74 Å². The highest BCUT2D eigenvalue weighted by Gasteiger charge is 2.19. The molecule has 0 spiro atoms. The Morgan fingerprint density at radius 1 is 1.47 bits per heavy atom. The first-order valence-corrected chi connectivity index (χ1v) is 6.06. The summed E-state index contributed by atoms with van der Waals surface area (Å²) in [5.41, 5.74) is 1.57. The van der Waals surface area contributed by atoms with Crippen molar-refractivity contribution in [2.24, 2.45) is 0 Å². The van der Waals surface area contributed by atoms with E-state index in [9.17, 15) is 0 Å². The maximum absolute atomic E-state index is 8.69. The van der Waals surface area contributed by atoms with Crippen LogP contribution in [0.1, 0.15) is 25.5 Å². The van der Waals surface area contributed by atoms with E-state index in [0.717, 1.165) is 38.2 Å². The fourth-order valence-electron chi connectivity index (χ4n) is 2.16. The average molecular weight is 231 g/mol. The number of piperidine rings is 1. The number of hydrogen-bond acceptors (Lipinski definition) is 4. The minimum Gasteiger partial charge on any atom is -0.378 e. The largest absolute Gasteiger partial charge is 0.378 e. The van der Waals surface area contributed by atoms with Crippen molar-refractivity contribution in [1.82, 2.24) is 4.98 Å². The van der Waals surface area contributed by atoms with Crippen LogP contribution >= 0.6 is 0 Å². The molecule has 1 aliphatic rings. The van der Waals surface area contributed by atoms with E-state index in [-0.39, 0.29) is 0 Å². The van der Waals surface area contributed by atoms with Crippen LogP contribution in [0.5, 0.6) is 0 Å². The molecule has 1 aromatic heterocycles. The molecule has 1 fully saturated rings. The summed E-state index contributed by atoms with van der Waals surface area (Å²) in [5, 5.41) is 8.69. The van der Waals surface area contributed by atoms with Gasteiger partial charge in [-0.15, -0.1) is 0 Å². The highest BCUT2D eigenvalue weighted by Crippen LogP contribution is 2.20. The van der Waals surface area contributed by atoms with Gasteiger partial charge in [0.2, 0.25) is 0 Å². The SMILES string of the molecule is CCOC1CCN(c2ccc(C#N)nc2)CC1. The van der Waals surface area contributed by atoms with Gasteiger partial charge in [-0.3, -0.25) is 0 Å². The number of nitriles is 1. The third-order valence-electron chi connectivity index (χ3n) is 3.07. The van der Waals surface area contributed by atoms with Crippen molar-refractivity contribution >= 4 is 5.69 Å². The van der Waals surface area contributed by atoms with Crippen LogP contribution in [0.15, 0.2) is 18.3 Å². The van der Waals surface area contributed by atoms with Crippen molar-refractivity contribution in [2.75, 3.05) is 24.6 Å². The Hall–Kier alpha value is -1.60. The smallest absolute Gasteiger partial charge is 0.140 e. The normalized spacial score (nSPS) is 16.8. The number of aromatic nitrogens is 1. The van der Waals surface area contributed by atoms with E-state index in [4.69, 9.17) is 10.00 Å². The number of rotatable bonds is 3. The van der Waals surface area contributed by atoms with Crippen LogP contribution in [-0.4, -0.2) is 30.8 Å². The summed E-state index contributed by atoms with van der Waals surface area (Å²) in [7, 11) is 0. The molecule has 17 heavy (non-hydrogen) atoms. The maximum Gasteiger partial charge on any atom is 0.140 e. The molecule has 2 rings (SSSR count). The Kier molecular flexibility index (Phi) is 3.94. The molecule has 1 saturated heterocycles. The predicted molar refractivity (Wildman–Crippen MR) is 65.8 cm³/mol. The van der Waals surface area contributed by atoms with Crippen LogP contribution in [0.4, 0.5) is 5.69 Å². The number of nitrogens with zero attached hydrogens (tertiary/aromatic N) is 3. The van der Waals surface area contributed by atoms with Crippen molar-refractivity contribution in [3.63, 3.8) is 0 Å². The molecule has 0 saturated carbocycles. The third-order valence-corrected chi connectivity index (χ3v) is 3.07. The summed E-state index contributed by atoms with van der Waals surface area (Å²) in [6.07, 6.45) is 4.31. The molecule has 0 bridgehead atoms. The summed E-state index contributed by atoms with van der Waals surface area (Å²) in [6, 6.07) is 5.76. The summed E-state index contributed by atoms with van der Waals surface area (Å²) < 4.78 is 5.62. The van der Waals surface area contributed by atoms with Gasteiger partial charge in [0.25, 0.3) is 0 Å². The highest BCUT2D eigenvalue weighted by atomic mass is 16.5. The predicted octanol–water partition coefficient (Wildman–Crippen LogP) is 1.96. The zero-order valence-corrected chi connectivity index (χ0v) is 10.1. The lowest BCUT2D eigenvalue weighted by Crippen LogP contribution is -2.37. The molecule has 0 aromatic carbocycles. The monoisotopic (exact) mass is 231 g/mol. The number of pyridine rings is 1. The second-order valence-corrected chi connectivity index (χ2v) is 4.16. The van der Waals surface area contributed by atoms with Crippen molar-refractivity contribution in [1.29, 1.82) is 5.26 Å². The van der Waals surface area contributed by atoms with Crippen LogP contribution in [0.3, 0.4) is 0 Å². The van der Waals surface area contributed by atoms with Crippen molar-refractivity contribution in [3.8, 4) is 6.07 Å². The first-order valence-electron chi connectivity index (χ1n) is 6.06. The Bertz CT molecular complexity index is 388. The first-order chi connectivity index (χ1) is 8.33. The zero-order chi connectivity index (χ0) is 12.1. The fourth-order valence-corrected chi connectivity index (χ4v) is 2.16. The molecule has 0 amide bonds. The second kappa shape index (κ2) is 5.65. The molecular weight excluding hydrogens is 214 g/mol. The van der Waals surface area contributed by atoms with Gasteiger partial charge in [-0.25, -0.2) is 4.98 Å². The van der Waals surface area contributed by atoms with Crippen LogP contribution in [-0.2, 0) is 4.74 Å². The topological polar surface area (TPSA) is 49.1 Å². The molecule has 1 aliphatic heterocycles. The number of anilines is 1. The molecule has 0 atom stereocenters. The summed E-state index contributed by atoms with van der Waals surface area (Å²) in [6.45, 7) is 4.83. The minimum absolute atomic E-state index is 0.405. The number of ether oxygens (including phenoxy) is 1. The van der Waals surface area contributed by atoms with Gasteiger partial charge < -0.3 is 9.64 Å². The maximum atomic E-state index is 8.69. The average Bonchev–Trinajstić information content (AvgIpc) is 2.40. The molecule has 90 valence electrons. The van der Waals surface area contributed by atoms with Gasteiger partial charge >= 0.3 is 0 Å². The molecule has 0 radical (unpaired) electrons. The lowest BCUT2D eigenvalue weighted by atomic mass is 10.1. The Labute approximate surface area is 102 Å². The highest BCUT2D eigenvalue weighted by molar-refractivity contribution is 5.46. The molecule has 0 N–H and O–H groups in total. The van der Waals surface area contributed by atoms with E-state index in [1.54, 1.807) is 12.3 Å². The van der Waals surface area contributed by atoms with Gasteiger partial charge in [0.1, 0.15) is 11.8 Å². The Morgan fingerprint density at radius 2 is 2.24 bits per heavy atom. The van der Waals surface area contributed by atoms with E-state index in [1.165, 1.54) is 0 Å². The van der Waals surface area contributed by atoms with E-state index in [0.29, 0.717) is 11.8 Å². The van der Waals surface area contributed by atoms with Crippen molar-refractivity contribution in [2.45, 2.75) is 25.9 Å². The lowest BCUT2D eigenvalue weighted by Gasteiger charge is -2.33. The lowest BCUT2D eigenvalue weighted by molar-refractivity contribution is 0.0459. The molecule has 1 aromatic rings.